The lowest BCUT2D eigenvalue weighted by molar-refractivity contribution is 0.0311. The highest BCUT2D eigenvalue weighted by Gasteiger charge is 2.36. The lowest BCUT2D eigenvalue weighted by Gasteiger charge is -2.20. The van der Waals surface area contributed by atoms with Crippen molar-refractivity contribution in [2.75, 3.05) is 6.54 Å². The van der Waals surface area contributed by atoms with Crippen molar-refractivity contribution < 1.29 is 23.8 Å². The van der Waals surface area contributed by atoms with Crippen molar-refractivity contribution in [3.63, 3.8) is 0 Å². The Bertz CT molecular complexity index is 432. The minimum atomic E-state index is -1.26. The molecule has 2 atom stereocenters. The van der Waals surface area contributed by atoms with E-state index in [9.17, 15) is 18.7 Å². The molecule has 0 spiro atoms. The van der Waals surface area contributed by atoms with Crippen molar-refractivity contribution in [1.82, 2.24) is 4.90 Å². The summed E-state index contributed by atoms with van der Waals surface area (Å²) < 4.78 is 26.0. The van der Waals surface area contributed by atoms with E-state index in [-0.39, 0.29) is 12.1 Å². The maximum absolute atomic E-state index is 13.0. The molecular weight excluding hydrogens is 232 g/mol. The largest absolute Gasteiger partial charge is 0.465 e. The maximum atomic E-state index is 13.0. The Kier molecular flexibility index (Phi) is 2.97. The van der Waals surface area contributed by atoms with Gasteiger partial charge in [0.2, 0.25) is 0 Å². The van der Waals surface area contributed by atoms with Crippen LogP contribution in [0.1, 0.15) is 17.9 Å². The van der Waals surface area contributed by atoms with Gasteiger partial charge in [-0.1, -0.05) is 0 Å². The van der Waals surface area contributed by atoms with Gasteiger partial charge in [-0.15, -0.1) is 0 Å². The van der Waals surface area contributed by atoms with Crippen molar-refractivity contribution in [1.29, 1.82) is 0 Å². The SMILES string of the molecule is O=C(O)N1CCC(c2cc(F)cc(F)c2)[C@@H]1O. The second-order valence-electron chi connectivity index (χ2n) is 3.99. The Hall–Kier alpha value is -1.69. The molecule has 1 aliphatic rings. The summed E-state index contributed by atoms with van der Waals surface area (Å²) in [6.45, 7) is 0.152. The Balaban J connectivity index is 2.27. The second kappa shape index (κ2) is 4.29. The molecule has 2 rings (SSSR count). The first-order chi connectivity index (χ1) is 7.99. The summed E-state index contributed by atoms with van der Waals surface area (Å²) >= 11 is 0. The number of aliphatic hydroxyl groups excluding tert-OH is 1. The number of rotatable bonds is 1. The third-order valence-corrected chi connectivity index (χ3v) is 2.92. The molecule has 1 aromatic carbocycles. The van der Waals surface area contributed by atoms with Crippen LogP contribution in [0.3, 0.4) is 0 Å². The highest BCUT2D eigenvalue weighted by Crippen LogP contribution is 2.32. The van der Waals surface area contributed by atoms with Crippen molar-refractivity contribution >= 4 is 6.09 Å². The number of amides is 1. The molecule has 4 nitrogen and oxygen atoms in total. The second-order valence-corrected chi connectivity index (χ2v) is 3.99. The topological polar surface area (TPSA) is 60.8 Å². The Morgan fingerprint density at radius 1 is 1.29 bits per heavy atom. The van der Waals surface area contributed by atoms with E-state index >= 15 is 0 Å². The number of hydrogen-bond acceptors (Lipinski definition) is 2. The molecule has 0 radical (unpaired) electrons. The molecule has 1 amide bonds. The van der Waals surface area contributed by atoms with Gasteiger partial charge in [0.05, 0.1) is 0 Å². The average molecular weight is 243 g/mol. The van der Waals surface area contributed by atoms with E-state index in [1.54, 1.807) is 0 Å². The summed E-state index contributed by atoms with van der Waals surface area (Å²) in [7, 11) is 0. The molecule has 0 bridgehead atoms. The first-order valence-electron chi connectivity index (χ1n) is 5.12. The van der Waals surface area contributed by atoms with E-state index in [1.165, 1.54) is 0 Å². The van der Waals surface area contributed by atoms with Gasteiger partial charge < -0.3 is 10.2 Å². The smallest absolute Gasteiger partial charge is 0.409 e. The minimum absolute atomic E-state index is 0.152. The highest BCUT2D eigenvalue weighted by atomic mass is 19.1. The van der Waals surface area contributed by atoms with Crippen molar-refractivity contribution in [3.8, 4) is 0 Å². The lowest BCUT2D eigenvalue weighted by atomic mass is 9.97. The van der Waals surface area contributed by atoms with Gasteiger partial charge in [0.1, 0.15) is 17.9 Å². The number of nitrogens with zero attached hydrogens (tertiary/aromatic N) is 1. The van der Waals surface area contributed by atoms with Gasteiger partial charge in [0.15, 0.2) is 0 Å². The summed E-state index contributed by atoms with van der Waals surface area (Å²) in [5.74, 6) is -2.06. The van der Waals surface area contributed by atoms with Crippen LogP contribution in [0.2, 0.25) is 0 Å². The van der Waals surface area contributed by atoms with Gasteiger partial charge in [-0.2, -0.15) is 0 Å². The summed E-state index contributed by atoms with van der Waals surface area (Å²) in [5, 5.41) is 18.5. The van der Waals surface area contributed by atoms with Crippen LogP contribution in [0, 0.1) is 11.6 Å². The molecule has 0 aromatic heterocycles. The van der Waals surface area contributed by atoms with Gasteiger partial charge in [-0.05, 0) is 24.1 Å². The van der Waals surface area contributed by atoms with Gasteiger partial charge in [-0.25, -0.2) is 13.6 Å². The zero-order valence-corrected chi connectivity index (χ0v) is 8.81. The van der Waals surface area contributed by atoms with E-state index in [2.05, 4.69) is 0 Å². The fourth-order valence-electron chi connectivity index (χ4n) is 2.11. The van der Waals surface area contributed by atoms with Crippen molar-refractivity contribution in [2.24, 2.45) is 0 Å². The van der Waals surface area contributed by atoms with Crippen molar-refractivity contribution in [2.45, 2.75) is 18.6 Å². The molecule has 2 N–H and O–H groups in total. The molecule has 1 aromatic rings. The molecule has 0 saturated carbocycles. The van der Waals surface area contributed by atoms with Crippen LogP contribution in [0.25, 0.3) is 0 Å². The van der Waals surface area contributed by atoms with Crippen LogP contribution in [0.4, 0.5) is 13.6 Å². The van der Waals surface area contributed by atoms with E-state index < -0.39 is 29.9 Å². The fourth-order valence-corrected chi connectivity index (χ4v) is 2.11. The van der Waals surface area contributed by atoms with Crippen LogP contribution < -0.4 is 0 Å². The molecule has 1 unspecified atom stereocenters. The third kappa shape index (κ3) is 2.21. The number of likely N-dealkylation sites (tertiary alicyclic amines) is 1. The van der Waals surface area contributed by atoms with Gasteiger partial charge in [-0.3, -0.25) is 4.90 Å². The van der Waals surface area contributed by atoms with E-state index in [1.807, 2.05) is 0 Å². The first-order valence-corrected chi connectivity index (χ1v) is 5.12. The van der Waals surface area contributed by atoms with Crippen LogP contribution in [-0.4, -0.2) is 34.0 Å². The Labute approximate surface area is 96.1 Å². The summed E-state index contributed by atoms with van der Waals surface area (Å²) in [4.78, 5) is 11.6. The third-order valence-electron chi connectivity index (χ3n) is 2.92. The molecule has 1 fully saturated rings. The molecule has 1 aliphatic heterocycles. The average Bonchev–Trinajstić information content (AvgIpc) is 2.58. The van der Waals surface area contributed by atoms with E-state index in [0.717, 1.165) is 23.1 Å². The molecular formula is C11H11F2NO3. The number of halogens is 2. The number of aliphatic hydroxyl groups is 1. The summed E-state index contributed by atoms with van der Waals surface area (Å²) in [5.41, 5.74) is 0.277. The predicted molar refractivity (Wildman–Crippen MR) is 54.5 cm³/mol. The van der Waals surface area contributed by atoms with Gasteiger partial charge >= 0.3 is 6.09 Å². The summed E-state index contributed by atoms with van der Waals surface area (Å²) in [6, 6.07) is 2.96. The number of carbonyl (C=O) groups is 1. The normalized spacial score (nSPS) is 24.1. The van der Waals surface area contributed by atoms with Crippen LogP contribution in [0.15, 0.2) is 18.2 Å². The number of hydrogen-bond donors (Lipinski definition) is 2. The van der Waals surface area contributed by atoms with Crippen LogP contribution in [0.5, 0.6) is 0 Å². The zero-order chi connectivity index (χ0) is 12.6. The molecule has 1 heterocycles. The van der Waals surface area contributed by atoms with Crippen LogP contribution in [-0.2, 0) is 0 Å². The molecule has 0 aliphatic carbocycles. The molecule has 1 saturated heterocycles. The summed E-state index contributed by atoms with van der Waals surface area (Å²) in [6.07, 6.45) is -2.15. The van der Waals surface area contributed by atoms with Crippen molar-refractivity contribution in [3.05, 3.63) is 35.4 Å². The zero-order valence-electron chi connectivity index (χ0n) is 8.81. The quantitative estimate of drug-likeness (QED) is 0.790. The van der Waals surface area contributed by atoms with Crippen LogP contribution >= 0.6 is 0 Å². The van der Waals surface area contributed by atoms with E-state index in [4.69, 9.17) is 5.11 Å². The molecule has 17 heavy (non-hydrogen) atoms. The fraction of sp³-hybridized carbons (Fsp3) is 0.364. The molecule has 92 valence electrons. The minimum Gasteiger partial charge on any atom is -0.465 e. The Morgan fingerprint density at radius 3 is 2.35 bits per heavy atom. The number of carboxylic acid groups (broad SMARTS) is 1. The highest BCUT2D eigenvalue weighted by molar-refractivity contribution is 5.65. The maximum Gasteiger partial charge on any atom is 0.409 e. The number of benzene rings is 1. The van der Waals surface area contributed by atoms with Gasteiger partial charge in [0, 0.05) is 18.5 Å². The Morgan fingerprint density at radius 2 is 1.88 bits per heavy atom. The lowest BCUT2D eigenvalue weighted by Crippen LogP contribution is -2.36. The van der Waals surface area contributed by atoms with E-state index in [0.29, 0.717) is 6.42 Å². The van der Waals surface area contributed by atoms with Gasteiger partial charge in [0.25, 0.3) is 0 Å². The standard InChI is InChI=1S/C11H11F2NO3/c12-7-3-6(4-8(13)5-7)9-1-2-14(10(9)15)11(16)17/h3-5,9-10,15H,1-2H2,(H,16,17)/t9?,10-/m0/s1. The monoisotopic (exact) mass is 243 g/mol. The molecule has 6 heteroatoms. The predicted octanol–water partition coefficient (Wildman–Crippen LogP) is 1.75. The first kappa shape index (κ1) is 11.8.